The Morgan fingerprint density at radius 1 is 1.04 bits per heavy atom. The predicted molar refractivity (Wildman–Crippen MR) is 104 cm³/mol. The first-order valence-corrected chi connectivity index (χ1v) is 9.21. The number of hydrogen-bond acceptors (Lipinski definition) is 2. The van der Waals surface area contributed by atoms with Gasteiger partial charge in [-0.1, -0.05) is 30.3 Å². The van der Waals surface area contributed by atoms with E-state index in [9.17, 15) is 0 Å². The van der Waals surface area contributed by atoms with Gasteiger partial charge in [0, 0.05) is 39.1 Å². The van der Waals surface area contributed by atoms with Gasteiger partial charge in [-0.05, 0) is 43.6 Å². The van der Waals surface area contributed by atoms with Crippen LogP contribution >= 0.6 is 0 Å². The number of benzene rings is 1. The molecule has 1 unspecified atom stereocenters. The summed E-state index contributed by atoms with van der Waals surface area (Å²) in [5.74, 6) is 0.868. The number of guanidine groups is 1. The van der Waals surface area contributed by atoms with Crippen LogP contribution in [0, 0.1) is 0 Å². The molecule has 5 nitrogen and oxygen atoms in total. The van der Waals surface area contributed by atoms with Crippen molar-refractivity contribution in [1.29, 1.82) is 0 Å². The Labute approximate surface area is 150 Å². The molecular weight excluding hydrogens is 310 g/mol. The molecule has 1 aromatic carbocycles. The minimum absolute atomic E-state index is 0.395. The van der Waals surface area contributed by atoms with Crippen molar-refractivity contribution in [2.75, 3.05) is 33.2 Å². The van der Waals surface area contributed by atoms with Gasteiger partial charge in [0.1, 0.15) is 0 Å². The minimum Gasteiger partial charge on any atom is -0.355 e. The van der Waals surface area contributed by atoms with Gasteiger partial charge < -0.3 is 15.2 Å². The van der Waals surface area contributed by atoms with Crippen LogP contribution in [-0.2, 0) is 6.54 Å². The summed E-state index contributed by atoms with van der Waals surface area (Å²) in [5, 5.41) is 6.92. The number of hydrogen-bond donors (Lipinski definition) is 2. The van der Waals surface area contributed by atoms with E-state index in [-0.39, 0.29) is 0 Å². The molecule has 0 aliphatic carbocycles. The minimum atomic E-state index is 0.395. The van der Waals surface area contributed by atoms with Crippen molar-refractivity contribution in [2.24, 2.45) is 4.99 Å². The van der Waals surface area contributed by atoms with Gasteiger partial charge in [0.15, 0.2) is 5.96 Å². The van der Waals surface area contributed by atoms with E-state index in [4.69, 9.17) is 0 Å². The Morgan fingerprint density at radius 3 is 2.44 bits per heavy atom. The van der Waals surface area contributed by atoms with Crippen molar-refractivity contribution in [3.63, 3.8) is 0 Å². The van der Waals surface area contributed by atoms with Gasteiger partial charge in [-0.3, -0.25) is 9.89 Å². The van der Waals surface area contributed by atoms with Gasteiger partial charge in [-0.2, -0.15) is 0 Å². The summed E-state index contributed by atoms with van der Waals surface area (Å²) in [6.07, 6.45) is 6.76. The van der Waals surface area contributed by atoms with Crippen LogP contribution in [0.2, 0.25) is 0 Å². The van der Waals surface area contributed by atoms with Gasteiger partial charge in [-0.25, -0.2) is 0 Å². The summed E-state index contributed by atoms with van der Waals surface area (Å²) >= 11 is 0. The zero-order valence-electron chi connectivity index (χ0n) is 15.1. The average molecular weight is 339 g/mol. The van der Waals surface area contributed by atoms with E-state index in [0.29, 0.717) is 6.04 Å². The van der Waals surface area contributed by atoms with Gasteiger partial charge in [0.05, 0.1) is 6.04 Å². The molecule has 25 heavy (non-hydrogen) atoms. The first-order chi connectivity index (χ1) is 12.4. The Balaban J connectivity index is 1.53. The van der Waals surface area contributed by atoms with Gasteiger partial charge in [0.25, 0.3) is 0 Å². The number of aromatic nitrogens is 1. The van der Waals surface area contributed by atoms with Crippen LogP contribution in [0.1, 0.15) is 24.4 Å². The highest BCUT2D eigenvalue weighted by atomic mass is 15.2. The molecule has 0 spiro atoms. The van der Waals surface area contributed by atoms with E-state index < -0.39 is 0 Å². The fraction of sp³-hybridized carbons (Fsp3) is 0.450. The lowest BCUT2D eigenvalue weighted by atomic mass is 10.1. The zero-order valence-corrected chi connectivity index (χ0v) is 15.1. The van der Waals surface area contributed by atoms with Crippen LogP contribution in [-0.4, -0.2) is 48.7 Å². The van der Waals surface area contributed by atoms with E-state index in [0.717, 1.165) is 25.6 Å². The topological polar surface area (TPSA) is 44.6 Å². The first kappa shape index (κ1) is 17.5. The molecule has 0 saturated carbocycles. The van der Waals surface area contributed by atoms with Crippen molar-refractivity contribution >= 4 is 5.96 Å². The second-order valence-corrected chi connectivity index (χ2v) is 6.47. The summed E-state index contributed by atoms with van der Waals surface area (Å²) in [5.41, 5.74) is 1.37. The average Bonchev–Trinajstić information content (AvgIpc) is 3.35. The molecule has 5 heteroatoms. The van der Waals surface area contributed by atoms with Gasteiger partial charge in [0.2, 0.25) is 0 Å². The van der Waals surface area contributed by atoms with Crippen molar-refractivity contribution in [3.05, 3.63) is 60.4 Å². The Hall–Kier alpha value is -2.27. The number of nitrogens with one attached hydrogen (secondary N) is 2. The quantitative estimate of drug-likeness (QED) is 0.602. The maximum atomic E-state index is 4.37. The summed E-state index contributed by atoms with van der Waals surface area (Å²) < 4.78 is 2.16. The molecule has 2 heterocycles. The molecule has 0 amide bonds. The molecule has 1 saturated heterocycles. The van der Waals surface area contributed by atoms with Crippen LogP contribution in [0.25, 0.3) is 0 Å². The third-order valence-corrected chi connectivity index (χ3v) is 4.78. The summed E-state index contributed by atoms with van der Waals surface area (Å²) in [7, 11) is 1.83. The smallest absolute Gasteiger partial charge is 0.191 e. The lowest BCUT2D eigenvalue weighted by Crippen LogP contribution is -2.43. The highest BCUT2D eigenvalue weighted by Crippen LogP contribution is 2.24. The molecule has 1 fully saturated rings. The first-order valence-electron chi connectivity index (χ1n) is 9.21. The number of nitrogens with zero attached hydrogens (tertiary/aromatic N) is 3. The molecule has 1 aliphatic rings. The highest BCUT2D eigenvalue weighted by molar-refractivity contribution is 5.79. The maximum Gasteiger partial charge on any atom is 0.191 e. The van der Waals surface area contributed by atoms with Crippen LogP contribution in [0.5, 0.6) is 0 Å². The molecule has 2 aromatic rings. The van der Waals surface area contributed by atoms with E-state index in [2.05, 4.69) is 67.8 Å². The van der Waals surface area contributed by atoms with E-state index in [1.807, 2.05) is 19.2 Å². The SMILES string of the molecule is CN=C(NCCn1cccc1)NCC(c1ccccc1)N1CCCC1. The van der Waals surface area contributed by atoms with E-state index in [1.165, 1.54) is 31.5 Å². The lowest BCUT2D eigenvalue weighted by molar-refractivity contribution is 0.245. The van der Waals surface area contributed by atoms with Crippen molar-refractivity contribution in [3.8, 4) is 0 Å². The molecule has 2 N–H and O–H groups in total. The fourth-order valence-corrected chi connectivity index (χ4v) is 3.42. The normalized spacial score (nSPS) is 16.8. The molecule has 0 bridgehead atoms. The second-order valence-electron chi connectivity index (χ2n) is 6.47. The van der Waals surface area contributed by atoms with Crippen LogP contribution in [0.4, 0.5) is 0 Å². The Morgan fingerprint density at radius 2 is 1.76 bits per heavy atom. The second kappa shape index (κ2) is 9.28. The van der Waals surface area contributed by atoms with Gasteiger partial charge >= 0.3 is 0 Å². The molecule has 0 radical (unpaired) electrons. The molecule has 3 rings (SSSR count). The largest absolute Gasteiger partial charge is 0.355 e. The maximum absolute atomic E-state index is 4.37. The summed E-state index contributed by atoms with van der Waals surface area (Å²) in [6.45, 7) is 5.02. The van der Waals surface area contributed by atoms with E-state index >= 15 is 0 Å². The lowest BCUT2D eigenvalue weighted by Gasteiger charge is -2.29. The third-order valence-electron chi connectivity index (χ3n) is 4.78. The Bertz CT molecular complexity index is 629. The van der Waals surface area contributed by atoms with Crippen molar-refractivity contribution < 1.29 is 0 Å². The standard InChI is InChI=1S/C20H29N5/c1-21-20(22-11-16-24-12-5-6-13-24)23-17-19(25-14-7-8-15-25)18-9-3-2-4-10-18/h2-6,9-10,12-13,19H,7-8,11,14-17H2,1H3,(H2,21,22,23). The number of aliphatic imine (C=N–C) groups is 1. The van der Waals surface area contributed by atoms with Crippen molar-refractivity contribution in [2.45, 2.75) is 25.4 Å². The van der Waals surface area contributed by atoms with Crippen molar-refractivity contribution in [1.82, 2.24) is 20.1 Å². The van der Waals surface area contributed by atoms with Crippen LogP contribution < -0.4 is 10.6 Å². The van der Waals surface area contributed by atoms with Crippen LogP contribution in [0.15, 0.2) is 59.9 Å². The summed E-state index contributed by atoms with van der Waals surface area (Å²) in [4.78, 5) is 6.94. The zero-order chi connectivity index (χ0) is 17.3. The number of rotatable bonds is 7. The van der Waals surface area contributed by atoms with E-state index in [1.54, 1.807) is 0 Å². The Kier molecular flexibility index (Phi) is 6.51. The monoisotopic (exact) mass is 339 g/mol. The number of likely N-dealkylation sites (tertiary alicyclic amines) is 1. The van der Waals surface area contributed by atoms with Gasteiger partial charge in [-0.15, -0.1) is 0 Å². The molecule has 134 valence electrons. The predicted octanol–water partition coefficient (Wildman–Crippen LogP) is 2.49. The molecule has 1 aromatic heterocycles. The highest BCUT2D eigenvalue weighted by Gasteiger charge is 2.23. The molecule has 1 aliphatic heterocycles. The fourth-order valence-electron chi connectivity index (χ4n) is 3.42. The molecule has 1 atom stereocenters. The third kappa shape index (κ3) is 5.10. The van der Waals surface area contributed by atoms with Crippen LogP contribution in [0.3, 0.4) is 0 Å². The molecular formula is C20H29N5. The summed E-state index contributed by atoms with van der Waals surface area (Å²) in [6, 6.07) is 15.3.